The molecule has 1 aromatic carbocycles. The number of carbonyl (C=O) groups excluding carboxylic acids is 2. The normalized spacial score (nSPS) is 13.4. The number of benzene rings is 1. The van der Waals surface area contributed by atoms with Gasteiger partial charge in [0.1, 0.15) is 5.75 Å². The lowest BCUT2D eigenvalue weighted by Crippen LogP contribution is -2.39. The molecule has 0 aliphatic carbocycles. The molecule has 0 aliphatic heterocycles. The molecule has 0 aliphatic rings. The van der Waals surface area contributed by atoms with E-state index in [-0.39, 0.29) is 5.75 Å². The summed E-state index contributed by atoms with van der Waals surface area (Å²) in [6, 6.07) is 5.05. The standard InChI is InChI=1S/C11H11N2O5/c12-8(7-14)6-10(13(16)17)11(15)18-9-4-2-1-3-5-9/h1-5,8,10H,6,12H2/t8-,10?/m0/s1. The van der Waals surface area contributed by atoms with Crippen LogP contribution in [0, 0.1) is 10.1 Å². The van der Waals surface area contributed by atoms with Crippen LogP contribution in [-0.4, -0.2) is 29.3 Å². The second-order valence-corrected chi connectivity index (χ2v) is 3.50. The van der Waals surface area contributed by atoms with Gasteiger partial charge in [-0.05, 0) is 12.1 Å². The average Bonchev–Trinajstić information content (AvgIpc) is 2.36. The van der Waals surface area contributed by atoms with Gasteiger partial charge in [0.25, 0.3) is 0 Å². The summed E-state index contributed by atoms with van der Waals surface area (Å²) in [6.45, 7) is 0. The Morgan fingerprint density at radius 2 is 2.06 bits per heavy atom. The molecular formula is C11H11N2O5. The number of nitrogens with zero attached hydrogens (tertiary/aromatic N) is 1. The lowest BCUT2D eigenvalue weighted by Gasteiger charge is -2.10. The van der Waals surface area contributed by atoms with E-state index in [0.29, 0.717) is 0 Å². The van der Waals surface area contributed by atoms with E-state index in [1.54, 1.807) is 18.2 Å². The van der Waals surface area contributed by atoms with Gasteiger partial charge in [0, 0.05) is 11.3 Å². The number of para-hydroxylation sites is 1. The van der Waals surface area contributed by atoms with E-state index in [4.69, 9.17) is 10.5 Å². The van der Waals surface area contributed by atoms with Crippen LogP contribution in [0.25, 0.3) is 0 Å². The molecule has 0 bridgehead atoms. The van der Waals surface area contributed by atoms with Crippen molar-refractivity contribution in [3.05, 3.63) is 40.4 Å². The number of esters is 1. The summed E-state index contributed by atoms with van der Waals surface area (Å²) in [5, 5.41) is 10.7. The van der Waals surface area contributed by atoms with E-state index in [1.165, 1.54) is 18.4 Å². The topological polar surface area (TPSA) is 113 Å². The molecule has 0 spiro atoms. The second kappa shape index (κ2) is 6.45. The lowest BCUT2D eigenvalue weighted by molar-refractivity contribution is -0.510. The maximum Gasteiger partial charge on any atom is 0.387 e. The predicted molar refractivity (Wildman–Crippen MR) is 61.1 cm³/mol. The highest BCUT2D eigenvalue weighted by atomic mass is 16.6. The first-order valence-corrected chi connectivity index (χ1v) is 5.08. The number of hydrogen-bond acceptors (Lipinski definition) is 6. The number of ether oxygens (including phenoxy) is 1. The van der Waals surface area contributed by atoms with Crippen LogP contribution in [-0.2, 0) is 9.59 Å². The summed E-state index contributed by atoms with van der Waals surface area (Å²) in [7, 11) is 0. The number of carbonyl (C=O) groups is 1. The van der Waals surface area contributed by atoms with E-state index in [0.717, 1.165) is 0 Å². The van der Waals surface area contributed by atoms with Gasteiger partial charge in [-0.25, -0.2) is 4.79 Å². The monoisotopic (exact) mass is 251 g/mol. The van der Waals surface area contributed by atoms with Gasteiger partial charge in [-0.3, -0.25) is 14.9 Å². The zero-order valence-corrected chi connectivity index (χ0v) is 9.31. The molecule has 1 unspecified atom stereocenters. The van der Waals surface area contributed by atoms with Gasteiger partial charge >= 0.3 is 12.0 Å². The first-order valence-electron chi connectivity index (χ1n) is 5.08. The van der Waals surface area contributed by atoms with Gasteiger partial charge in [0.05, 0.1) is 6.04 Å². The Hall–Kier alpha value is -2.28. The Bertz CT molecular complexity index is 434. The smallest absolute Gasteiger partial charge is 0.387 e. The molecule has 0 amide bonds. The van der Waals surface area contributed by atoms with Crippen LogP contribution in [0.5, 0.6) is 5.75 Å². The third-order valence-electron chi connectivity index (χ3n) is 2.12. The molecule has 0 saturated heterocycles. The van der Waals surface area contributed by atoms with Crippen molar-refractivity contribution >= 4 is 12.3 Å². The maximum absolute atomic E-state index is 11.6. The first-order chi connectivity index (χ1) is 8.54. The summed E-state index contributed by atoms with van der Waals surface area (Å²) < 4.78 is 4.82. The fourth-order valence-corrected chi connectivity index (χ4v) is 1.23. The number of hydrogen-bond donors (Lipinski definition) is 1. The van der Waals surface area contributed by atoms with Gasteiger partial charge in [0.2, 0.25) is 6.29 Å². The largest absolute Gasteiger partial charge is 0.421 e. The van der Waals surface area contributed by atoms with Crippen molar-refractivity contribution in [1.29, 1.82) is 0 Å². The van der Waals surface area contributed by atoms with E-state index >= 15 is 0 Å². The van der Waals surface area contributed by atoms with Crippen molar-refractivity contribution in [1.82, 2.24) is 0 Å². The van der Waals surface area contributed by atoms with Crippen LogP contribution in [0.1, 0.15) is 6.42 Å². The fourth-order valence-electron chi connectivity index (χ4n) is 1.23. The molecule has 0 aromatic heterocycles. The molecule has 2 N–H and O–H groups in total. The second-order valence-electron chi connectivity index (χ2n) is 3.50. The minimum atomic E-state index is -1.68. The molecule has 95 valence electrons. The quantitative estimate of drug-likeness (QED) is 0.331. The van der Waals surface area contributed by atoms with Crippen LogP contribution >= 0.6 is 0 Å². The fraction of sp³-hybridized carbons (Fsp3) is 0.273. The maximum atomic E-state index is 11.6. The highest BCUT2D eigenvalue weighted by molar-refractivity contribution is 5.77. The molecular weight excluding hydrogens is 240 g/mol. The van der Waals surface area contributed by atoms with Gasteiger partial charge in [-0.1, -0.05) is 18.2 Å². The van der Waals surface area contributed by atoms with E-state index in [2.05, 4.69) is 0 Å². The van der Waals surface area contributed by atoms with E-state index < -0.39 is 29.4 Å². The summed E-state index contributed by atoms with van der Waals surface area (Å²) >= 11 is 0. The third kappa shape index (κ3) is 3.95. The van der Waals surface area contributed by atoms with Crippen LogP contribution in [0.4, 0.5) is 0 Å². The Labute approximate surface area is 103 Å². The highest BCUT2D eigenvalue weighted by Gasteiger charge is 2.34. The van der Waals surface area contributed by atoms with Crippen LogP contribution in [0.3, 0.4) is 0 Å². The summed E-state index contributed by atoms with van der Waals surface area (Å²) in [5.74, 6) is -0.866. The molecule has 18 heavy (non-hydrogen) atoms. The van der Waals surface area contributed by atoms with Gasteiger partial charge in [-0.15, -0.1) is 0 Å². The molecule has 0 heterocycles. The summed E-state index contributed by atoms with van der Waals surface area (Å²) in [4.78, 5) is 31.6. The Morgan fingerprint density at radius 3 is 2.56 bits per heavy atom. The molecule has 7 nitrogen and oxygen atoms in total. The predicted octanol–water partition coefficient (Wildman–Crippen LogP) is 0.0644. The zero-order chi connectivity index (χ0) is 13.5. The average molecular weight is 251 g/mol. The minimum absolute atomic E-state index is 0.193. The molecule has 0 fully saturated rings. The van der Waals surface area contributed by atoms with Gasteiger partial charge in [-0.2, -0.15) is 0 Å². The van der Waals surface area contributed by atoms with Crippen molar-refractivity contribution in [2.45, 2.75) is 18.5 Å². The first kappa shape index (κ1) is 13.8. The Morgan fingerprint density at radius 1 is 1.44 bits per heavy atom. The molecule has 1 rings (SSSR count). The lowest BCUT2D eigenvalue weighted by atomic mass is 10.1. The van der Waals surface area contributed by atoms with E-state index in [1.807, 2.05) is 0 Å². The third-order valence-corrected chi connectivity index (χ3v) is 2.12. The van der Waals surface area contributed by atoms with Crippen molar-refractivity contribution in [3.63, 3.8) is 0 Å². The number of rotatable bonds is 6. The summed E-state index contributed by atoms with van der Waals surface area (Å²) in [5.41, 5.74) is 5.21. The number of nitro groups is 1. The van der Waals surface area contributed by atoms with Gasteiger partial charge in [0.15, 0.2) is 0 Å². The highest BCUT2D eigenvalue weighted by Crippen LogP contribution is 2.11. The Kier molecular flexibility index (Phi) is 4.94. The van der Waals surface area contributed by atoms with E-state index in [9.17, 15) is 19.7 Å². The minimum Gasteiger partial charge on any atom is -0.421 e. The van der Waals surface area contributed by atoms with Crippen molar-refractivity contribution < 1.29 is 19.2 Å². The van der Waals surface area contributed by atoms with Crippen LogP contribution < -0.4 is 10.5 Å². The van der Waals surface area contributed by atoms with Crippen LogP contribution in [0.2, 0.25) is 0 Å². The Balaban J connectivity index is 2.71. The van der Waals surface area contributed by atoms with Crippen molar-refractivity contribution in [2.24, 2.45) is 5.73 Å². The number of nitrogens with two attached hydrogens (primary N) is 1. The molecule has 1 radical (unpaired) electrons. The zero-order valence-electron chi connectivity index (χ0n) is 9.31. The molecule has 0 saturated carbocycles. The van der Waals surface area contributed by atoms with Crippen molar-refractivity contribution in [2.75, 3.05) is 0 Å². The van der Waals surface area contributed by atoms with Crippen molar-refractivity contribution in [3.8, 4) is 5.75 Å². The van der Waals surface area contributed by atoms with Crippen LogP contribution in [0.15, 0.2) is 30.3 Å². The van der Waals surface area contributed by atoms with Gasteiger partial charge < -0.3 is 10.5 Å². The SMILES string of the molecule is N[C@H]([C]=O)CC(C(=O)Oc1ccccc1)[N+](=O)[O-]. The molecule has 1 aromatic rings. The summed E-state index contributed by atoms with van der Waals surface area (Å²) in [6.07, 6.45) is 0.942. The molecule has 7 heteroatoms. The molecule has 2 atom stereocenters.